The van der Waals surface area contributed by atoms with E-state index >= 15 is 0 Å². The van der Waals surface area contributed by atoms with Crippen LogP contribution in [-0.2, 0) is 11.3 Å². The number of nitrogens with one attached hydrogen (secondary N) is 1. The Bertz CT molecular complexity index is 902. The van der Waals surface area contributed by atoms with Crippen LogP contribution in [0.4, 0.5) is 10.1 Å². The van der Waals surface area contributed by atoms with E-state index in [0.717, 1.165) is 24.8 Å². The minimum absolute atomic E-state index is 0.0976. The predicted octanol–water partition coefficient (Wildman–Crippen LogP) is 2.88. The fraction of sp³-hybridized carbons (Fsp3) is 0.333. The van der Waals surface area contributed by atoms with E-state index in [4.69, 9.17) is 4.74 Å². The van der Waals surface area contributed by atoms with Crippen molar-refractivity contribution >= 4 is 11.6 Å². The number of rotatable bonds is 4. The highest BCUT2D eigenvalue weighted by atomic mass is 19.1. The number of carbonyl (C=O) groups is 1. The van der Waals surface area contributed by atoms with Crippen molar-refractivity contribution in [1.82, 2.24) is 10.3 Å². The maximum absolute atomic E-state index is 13.6. The smallest absolute Gasteiger partial charge is 0.288 e. The van der Waals surface area contributed by atoms with Gasteiger partial charge in [-0.25, -0.2) is 9.37 Å². The highest BCUT2D eigenvalue weighted by molar-refractivity contribution is 5.93. The third-order valence-electron chi connectivity index (χ3n) is 5.05. The number of carbonyl (C=O) groups excluding carboxylic acids is 1. The van der Waals surface area contributed by atoms with E-state index < -0.39 is 12.0 Å². The minimum atomic E-state index is -0.546. The number of pyridine rings is 1. The van der Waals surface area contributed by atoms with Crippen LogP contribution in [0.3, 0.4) is 0 Å². The quantitative estimate of drug-likeness (QED) is 0.849. The van der Waals surface area contributed by atoms with Crippen molar-refractivity contribution < 1.29 is 19.0 Å². The molecule has 1 aliphatic heterocycles. The van der Waals surface area contributed by atoms with Gasteiger partial charge in [-0.3, -0.25) is 4.79 Å². The molecule has 7 heteroatoms. The molecule has 0 spiro atoms. The number of amides is 1. The van der Waals surface area contributed by atoms with Crippen molar-refractivity contribution in [3.8, 4) is 5.88 Å². The number of aliphatic hydroxyl groups is 1. The van der Waals surface area contributed by atoms with Gasteiger partial charge in [0.15, 0.2) is 0 Å². The van der Waals surface area contributed by atoms with Crippen molar-refractivity contribution in [1.29, 1.82) is 0 Å². The topological polar surface area (TPSA) is 74.7 Å². The van der Waals surface area contributed by atoms with E-state index in [1.807, 2.05) is 17.0 Å². The highest BCUT2D eigenvalue weighted by Gasteiger charge is 2.29. The Hall–Kier alpha value is -2.93. The van der Waals surface area contributed by atoms with Crippen LogP contribution in [0.2, 0.25) is 0 Å². The molecule has 2 heterocycles. The van der Waals surface area contributed by atoms with Crippen LogP contribution >= 0.6 is 0 Å². The lowest BCUT2D eigenvalue weighted by Crippen LogP contribution is -2.46. The molecule has 6 nitrogen and oxygen atoms in total. The summed E-state index contributed by atoms with van der Waals surface area (Å²) in [6, 6.07) is 9.64. The van der Waals surface area contributed by atoms with E-state index in [-0.39, 0.29) is 17.6 Å². The van der Waals surface area contributed by atoms with Gasteiger partial charge in [0.05, 0.1) is 18.3 Å². The van der Waals surface area contributed by atoms with Gasteiger partial charge in [0.2, 0.25) is 11.6 Å². The molecule has 146 valence electrons. The van der Waals surface area contributed by atoms with Crippen LogP contribution in [0.5, 0.6) is 5.88 Å². The molecule has 0 radical (unpaired) electrons. The molecule has 1 fully saturated rings. The number of hydrogen-bond acceptors (Lipinski definition) is 5. The summed E-state index contributed by atoms with van der Waals surface area (Å²) in [5.74, 6) is -0.298. The number of anilines is 1. The van der Waals surface area contributed by atoms with Crippen LogP contribution in [0, 0.1) is 5.82 Å². The predicted molar refractivity (Wildman–Crippen MR) is 102 cm³/mol. The van der Waals surface area contributed by atoms with E-state index in [2.05, 4.69) is 10.3 Å². The molecule has 0 bridgehead atoms. The highest BCUT2D eigenvalue weighted by Crippen LogP contribution is 2.33. The molecule has 1 aliphatic carbocycles. The minimum Gasteiger partial charge on any atom is -0.430 e. The summed E-state index contributed by atoms with van der Waals surface area (Å²) in [5, 5.41) is 13.0. The van der Waals surface area contributed by atoms with Crippen LogP contribution in [0.15, 0.2) is 54.6 Å². The van der Waals surface area contributed by atoms with E-state index in [1.165, 1.54) is 12.1 Å². The first-order valence-electron chi connectivity index (χ1n) is 9.45. The largest absolute Gasteiger partial charge is 0.430 e. The zero-order valence-corrected chi connectivity index (χ0v) is 15.3. The summed E-state index contributed by atoms with van der Waals surface area (Å²) < 4.78 is 19.3. The second-order valence-electron chi connectivity index (χ2n) is 7.11. The lowest BCUT2D eigenvalue weighted by molar-refractivity contribution is -0.121. The summed E-state index contributed by atoms with van der Waals surface area (Å²) in [6.45, 7) is 0.364. The van der Waals surface area contributed by atoms with Crippen molar-refractivity contribution in [3.63, 3.8) is 0 Å². The summed E-state index contributed by atoms with van der Waals surface area (Å²) in [7, 11) is 0. The zero-order valence-electron chi connectivity index (χ0n) is 15.3. The van der Waals surface area contributed by atoms with Gasteiger partial charge in [0.1, 0.15) is 11.5 Å². The molecule has 2 atom stereocenters. The van der Waals surface area contributed by atoms with Gasteiger partial charge < -0.3 is 20.1 Å². The number of halogens is 1. The Morgan fingerprint density at radius 3 is 2.96 bits per heavy atom. The van der Waals surface area contributed by atoms with Gasteiger partial charge in [-0.05, 0) is 42.7 Å². The zero-order chi connectivity index (χ0) is 19.5. The van der Waals surface area contributed by atoms with Crippen molar-refractivity contribution in [3.05, 3.63) is 65.9 Å². The lowest BCUT2D eigenvalue weighted by Gasteiger charge is -2.31. The van der Waals surface area contributed by atoms with Gasteiger partial charge in [-0.2, -0.15) is 0 Å². The maximum Gasteiger partial charge on any atom is 0.288 e. The van der Waals surface area contributed by atoms with Crippen LogP contribution in [0.1, 0.15) is 31.2 Å². The average molecular weight is 383 g/mol. The fourth-order valence-electron chi connectivity index (χ4n) is 3.61. The summed E-state index contributed by atoms with van der Waals surface area (Å²) in [4.78, 5) is 18.8. The van der Waals surface area contributed by atoms with Gasteiger partial charge in [0.25, 0.3) is 5.91 Å². The first-order valence-corrected chi connectivity index (χ1v) is 9.45. The Labute approximate surface area is 162 Å². The van der Waals surface area contributed by atoms with E-state index in [1.54, 1.807) is 24.5 Å². The molecule has 2 aliphatic rings. The lowest BCUT2D eigenvalue weighted by atomic mass is 9.92. The Kier molecular flexibility index (Phi) is 5.25. The van der Waals surface area contributed by atoms with Crippen LogP contribution in [0.25, 0.3) is 0 Å². The Balaban J connectivity index is 1.57. The fourth-order valence-corrected chi connectivity index (χ4v) is 3.61. The first kappa shape index (κ1) is 18.4. The molecular weight excluding hydrogens is 361 g/mol. The molecule has 1 amide bonds. The molecule has 1 saturated carbocycles. The number of aromatic nitrogens is 1. The maximum atomic E-state index is 13.6. The van der Waals surface area contributed by atoms with Crippen LogP contribution in [-0.4, -0.2) is 28.1 Å². The number of ether oxygens (including phenoxy) is 1. The van der Waals surface area contributed by atoms with Crippen molar-refractivity contribution in [2.75, 3.05) is 4.90 Å². The average Bonchev–Trinajstić information content (AvgIpc) is 2.69. The molecule has 2 N–H and O–H groups in total. The van der Waals surface area contributed by atoms with Gasteiger partial charge in [0, 0.05) is 12.7 Å². The first-order chi connectivity index (χ1) is 13.6. The molecule has 0 unspecified atom stereocenters. The number of nitrogens with zero attached hydrogens (tertiary/aromatic N) is 2. The summed E-state index contributed by atoms with van der Waals surface area (Å²) in [5.41, 5.74) is 1.46. The normalized spacial score (nSPS) is 21.4. The number of hydrogen-bond donors (Lipinski definition) is 2. The standard InChI is InChI=1S/C21H22FN3O3/c22-15-6-3-5-14(11-15)12-25-13-19(28-21-17(25)8-4-10-23-21)20(27)24-16-7-1-2-9-18(16)26/h3-6,8,10-11,13,16,18,26H,1-2,7,9,12H2,(H,24,27)/t16-,18-/m0/s1. The SMILES string of the molecule is O=C(N[C@H]1CCCC[C@@H]1O)C1=CN(Cc2cccc(F)c2)c2cccnc2O1. The number of fused-ring (bicyclic) bond motifs is 1. The molecule has 1 aromatic carbocycles. The second kappa shape index (κ2) is 7.98. The van der Waals surface area contributed by atoms with Gasteiger partial charge in [-0.15, -0.1) is 0 Å². The number of benzene rings is 1. The Morgan fingerprint density at radius 2 is 2.14 bits per heavy atom. The Morgan fingerprint density at radius 1 is 1.29 bits per heavy atom. The molecule has 1 aromatic heterocycles. The summed E-state index contributed by atoms with van der Waals surface area (Å²) in [6.07, 6.45) is 5.99. The van der Waals surface area contributed by atoms with E-state index in [0.29, 0.717) is 24.5 Å². The second-order valence-corrected chi connectivity index (χ2v) is 7.11. The van der Waals surface area contributed by atoms with E-state index in [9.17, 15) is 14.3 Å². The van der Waals surface area contributed by atoms with Crippen molar-refractivity contribution in [2.24, 2.45) is 0 Å². The molecule has 28 heavy (non-hydrogen) atoms. The third kappa shape index (κ3) is 3.99. The molecular formula is C21H22FN3O3. The number of aliphatic hydroxyl groups excluding tert-OH is 1. The van der Waals surface area contributed by atoms with Crippen molar-refractivity contribution in [2.45, 2.75) is 44.4 Å². The molecule has 0 saturated heterocycles. The van der Waals surface area contributed by atoms with Crippen LogP contribution < -0.4 is 15.0 Å². The third-order valence-corrected chi connectivity index (χ3v) is 5.05. The molecule has 2 aromatic rings. The van der Waals surface area contributed by atoms with Gasteiger partial charge in [-0.1, -0.05) is 25.0 Å². The monoisotopic (exact) mass is 383 g/mol. The molecule has 4 rings (SSSR count). The summed E-state index contributed by atoms with van der Waals surface area (Å²) >= 11 is 0. The van der Waals surface area contributed by atoms with Gasteiger partial charge >= 0.3 is 0 Å².